The Morgan fingerprint density at radius 1 is 1.35 bits per heavy atom. The van der Waals surface area contributed by atoms with Crippen LogP contribution in [0.4, 0.5) is 0 Å². The van der Waals surface area contributed by atoms with Gasteiger partial charge in [0.2, 0.25) is 0 Å². The van der Waals surface area contributed by atoms with Crippen LogP contribution < -0.4 is 0 Å². The number of carbonyl (C=O) groups excluding carboxylic acids is 1. The van der Waals surface area contributed by atoms with Gasteiger partial charge in [-0.15, -0.1) is 0 Å². The van der Waals surface area contributed by atoms with E-state index < -0.39 is 0 Å². The quantitative estimate of drug-likeness (QED) is 0.653. The average molecular weight is 234 g/mol. The smallest absolute Gasteiger partial charge is 0.135 e. The molecule has 0 spiro atoms. The van der Waals surface area contributed by atoms with Crippen molar-refractivity contribution >= 4 is 5.78 Å². The molecule has 0 aliphatic heterocycles. The van der Waals surface area contributed by atoms with Crippen molar-refractivity contribution in [3.63, 3.8) is 0 Å². The van der Waals surface area contributed by atoms with Crippen LogP contribution in [0.2, 0.25) is 0 Å². The number of rotatable bonds is 2. The number of Topliss-reactive ketones (excluding diaryl/α,β-unsaturated/α-hetero) is 1. The molecule has 2 rings (SSSR count). The van der Waals surface area contributed by atoms with Gasteiger partial charge in [-0.2, -0.15) is 0 Å². The van der Waals surface area contributed by atoms with Crippen LogP contribution in [0.1, 0.15) is 53.4 Å². The van der Waals surface area contributed by atoms with Gasteiger partial charge in [0.15, 0.2) is 0 Å². The van der Waals surface area contributed by atoms with Gasteiger partial charge >= 0.3 is 0 Å². The molecule has 0 amide bonds. The number of hydrogen-bond donors (Lipinski definition) is 0. The molecule has 0 aromatic carbocycles. The fraction of sp³-hybridized carbons (Fsp3) is 0.812. The Labute approximate surface area is 106 Å². The molecular weight excluding hydrogens is 208 g/mol. The minimum Gasteiger partial charge on any atom is -0.299 e. The van der Waals surface area contributed by atoms with Crippen molar-refractivity contribution in [1.29, 1.82) is 0 Å². The van der Waals surface area contributed by atoms with E-state index in [0.29, 0.717) is 35.4 Å². The van der Waals surface area contributed by atoms with Crippen LogP contribution in [0.5, 0.6) is 0 Å². The van der Waals surface area contributed by atoms with Gasteiger partial charge in [-0.25, -0.2) is 0 Å². The molecule has 17 heavy (non-hydrogen) atoms. The van der Waals surface area contributed by atoms with Gasteiger partial charge in [0.25, 0.3) is 0 Å². The van der Waals surface area contributed by atoms with Crippen LogP contribution in [0.25, 0.3) is 0 Å². The topological polar surface area (TPSA) is 17.1 Å². The van der Waals surface area contributed by atoms with E-state index in [1.165, 1.54) is 12.8 Å². The summed E-state index contributed by atoms with van der Waals surface area (Å²) in [6.45, 7) is 9.02. The van der Waals surface area contributed by atoms with Crippen LogP contribution in [-0.2, 0) is 4.79 Å². The molecule has 0 bridgehead atoms. The molecule has 2 aliphatic carbocycles. The van der Waals surface area contributed by atoms with E-state index >= 15 is 0 Å². The molecule has 1 saturated carbocycles. The highest BCUT2D eigenvalue weighted by atomic mass is 16.1. The average Bonchev–Trinajstić information content (AvgIpc) is 2.27. The van der Waals surface area contributed by atoms with Gasteiger partial charge in [0.05, 0.1) is 0 Å². The van der Waals surface area contributed by atoms with Crippen molar-refractivity contribution in [3.05, 3.63) is 12.2 Å². The van der Waals surface area contributed by atoms with E-state index in [-0.39, 0.29) is 0 Å². The fourth-order valence-electron chi connectivity index (χ4n) is 3.96. The summed E-state index contributed by atoms with van der Waals surface area (Å²) in [5.41, 5.74) is 0.381. The molecule has 2 aliphatic rings. The summed E-state index contributed by atoms with van der Waals surface area (Å²) in [5, 5.41) is 0. The third-order valence-corrected chi connectivity index (χ3v) is 5.15. The molecule has 0 aromatic rings. The summed E-state index contributed by atoms with van der Waals surface area (Å²) < 4.78 is 0. The normalized spacial score (nSPS) is 39.8. The zero-order valence-electron chi connectivity index (χ0n) is 11.7. The number of hydrogen-bond acceptors (Lipinski definition) is 1. The number of carbonyl (C=O) groups is 1. The first-order valence-electron chi connectivity index (χ1n) is 7.15. The number of allylic oxidation sites excluding steroid dienone is 2. The molecule has 0 N–H and O–H groups in total. The van der Waals surface area contributed by atoms with E-state index in [2.05, 4.69) is 32.9 Å². The standard InChI is InChI=1S/C16H26O/c1-5-15(17)13-10-14-12(9-11(13)2)7-6-8-16(14,3)4/h6-7,11-14H,5,8-10H2,1-4H3. The second-order valence-electron chi connectivity index (χ2n) is 6.77. The molecule has 0 heterocycles. The summed E-state index contributed by atoms with van der Waals surface area (Å²) in [5.74, 6) is 2.81. The van der Waals surface area contributed by atoms with E-state index in [4.69, 9.17) is 0 Å². The van der Waals surface area contributed by atoms with Crippen LogP contribution >= 0.6 is 0 Å². The highest BCUT2D eigenvalue weighted by Crippen LogP contribution is 2.51. The van der Waals surface area contributed by atoms with Crippen molar-refractivity contribution < 1.29 is 4.79 Å². The van der Waals surface area contributed by atoms with Crippen LogP contribution in [0, 0.1) is 29.1 Å². The monoisotopic (exact) mass is 234 g/mol. The lowest BCUT2D eigenvalue weighted by molar-refractivity contribution is -0.127. The Bertz CT molecular complexity index is 326. The van der Waals surface area contributed by atoms with Crippen LogP contribution in [-0.4, -0.2) is 5.78 Å². The maximum Gasteiger partial charge on any atom is 0.135 e. The summed E-state index contributed by atoms with van der Waals surface area (Å²) >= 11 is 0. The molecule has 0 radical (unpaired) electrons. The summed E-state index contributed by atoms with van der Waals surface area (Å²) in [6, 6.07) is 0. The first-order chi connectivity index (χ1) is 7.95. The molecule has 0 saturated heterocycles. The van der Waals surface area contributed by atoms with Crippen molar-refractivity contribution in [3.8, 4) is 0 Å². The third-order valence-electron chi connectivity index (χ3n) is 5.15. The van der Waals surface area contributed by atoms with Crippen molar-refractivity contribution in [1.82, 2.24) is 0 Å². The van der Waals surface area contributed by atoms with E-state index in [0.717, 1.165) is 12.3 Å². The van der Waals surface area contributed by atoms with E-state index in [9.17, 15) is 4.79 Å². The number of fused-ring (bicyclic) bond motifs is 1. The molecule has 1 nitrogen and oxygen atoms in total. The second-order valence-corrected chi connectivity index (χ2v) is 6.77. The van der Waals surface area contributed by atoms with Crippen molar-refractivity contribution in [2.24, 2.45) is 29.1 Å². The highest BCUT2D eigenvalue weighted by molar-refractivity contribution is 5.81. The predicted octanol–water partition coefficient (Wildman–Crippen LogP) is 4.23. The highest BCUT2D eigenvalue weighted by Gasteiger charge is 2.44. The molecule has 4 unspecified atom stereocenters. The van der Waals surface area contributed by atoms with Crippen molar-refractivity contribution in [2.75, 3.05) is 0 Å². The maximum atomic E-state index is 12.0. The summed E-state index contributed by atoms with van der Waals surface area (Å²) in [4.78, 5) is 12.0. The largest absolute Gasteiger partial charge is 0.299 e. The van der Waals surface area contributed by atoms with Crippen LogP contribution in [0.15, 0.2) is 12.2 Å². The zero-order chi connectivity index (χ0) is 12.6. The molecule has 4 atom stereocenters. The lowest BCUT2D eigenvalue weighted by Crippen LogP contribution is -2.42. The Hall–Kier alpha value is -0.590. The lowest BCUT2D eigenvalue weighted by Gasteiger charge is -2.48. The van der Waals surface area contributed by atoms with Gasteiger partial charge in [0, 0.05) is 12.3 Å². The summed E-state index contributed by atoms with van der Waals surface area (Å²) in [6.07, 6.45) is 8.99. The Balaban J connectivity index is 2.19. The lowest BCUT2D eigenvalue weighted by atomic mass is 9.56. The van der Waals surface area contributed by atoms with E-state index in [1.807, 2.05) is 6.92 Å². The molecule has 0 aromatic heterocycles. The van der Waals surface area contributed by atoms with Gasteiger partial charge < -0.3 is 0 Å². The Morgan fingerprint density at radius 2 is 2.06 bits per heavy atom. The fourth-order valence-corrected chi connectivity index (χ4v) is 3.96. The van der Waals surface area contributed by atoms with Crippen molar-refractivity contribution in [2.45, 2.75) is 53.4 Å². The SMILES string of the molecule is CCC(=O)C1CC2C(C=CCC2(C)C)CC1C. The zero-order valence-corrected chi connectivity index (χ0v) is 11.7. The predicted molar refractivity (Wildman–Crippen MR) is 71.7 cm³/mol. The molecular formula is C16H26O. The van der Waals surface area contributed by atoms with Gasteiger partial charge in [-0.3, -0.25) is 4.79 Å². The van der Waals surface area contributed by atoms with E-state index in [1.54, 1.807) is 0 Å². The second kappa shape index (κ2) is 4.59. The minimum absolute atomic E-state index is 0.326. The maximum absolute atomic E-state index is 12.0. The first-order valence-corrected chi connectivity index (χ1v) is 7.15. The Kier molecular flexibility index (Phi) is 3.47. The molecule has 96 valence electrons. The first kappa shape index (κ1) is 12.9. The summed E-state index contributed by atoms with van der Waals surface area (Å²) in [7, 11) is 0. The van der Waals surface area contributed by atoms with Gasteiger partial charge in [-0.05, 0) is 42.4 Å². The molecule has 1 heteroatoms. The van der Waals surface area contributed by atoms with Gasteiger partial charge in [-0.1, -0.05) is 39.8 Å². The van der Waals surface area contributed by atoms with Gasteiger partial charge in [0.1, 0.15) is 5.78 Å². The number of ketones is 1. The van der Waals surface area contributed by atoms with Crippen LogP contribution in [0.3, 0.4) is 0 Å². The minimum atomic E-state index is 0.326. The third kappa shape index (κ3) is 2.34. The Morgan fingerprint density at radius 3 is 2.71 bits per heavy atom. The molecule has 1 fully saturated rings.